The van der Waals surface area contributed by atoms with Gasteiger partial charge in [0.15, 0.2) is 6.29 Å². The number of aldehydes is 1. The van der Waals surface area contributed by atoms with Crippen LogP contribution in [0, 0.1) is 0 Å². The largest absolute Gasteiger partial charge is 0.298 e. The Morgan fingerprint density at radius 3 is 2.38 bits per heavy atom. The summed E-state index contributed by atoms with van der Waals surface area (Å²) in [5.41, 5.74) is 1.45. The van der Waals surface area contributed by atoms with Gasteiger partial charge < -0.3 is 0 Å². The van der Waals surface area contributed by atoms with Crippen LogP contribution in [0.25, 0.3) is 5.57 Å². The van der Waals surface area contributed by atoms with E-state index < -0.39 is 0 Å². The number of carbonyl (C=O) groups excluding carboxylic acids is 1. The molecule has 0 bridgehead atoms. The molecule has 0 saturated carbocycles. The molecular weight excluding hydrogens is 184 g/mol. The highest BCUT2D eigenvalue weighted by Gasteiger charge is 1.97. The van der Waals surface area contributed by atoms with E-state index in [1.807, 2.05) is 0 Å². The summed E-state index contributed by atoms with van der Waals surface area (Å²) in [7, 11) is 0. The van der Waals surface area contributed by atoms with Gasteiger partial charge in [-0.2, -0.15) is 0 Å². The van der Waals surface area contributed by atoms with Gasteiger partial charge >= 0.3 is 0 Å². The van der Waals surface area contributed by atoms with Crippen LogP contribution >= 0.6 is 11.6 Å². The summed E-state index contributed by atoms with van der Waals surface area (Å²) in [6.45, 7) is 3.53. The lowest BCUT2D eigenvalue weighted by Crippen LogP contribution is -1.84. The van der Waals surface area contributed by atoms with E-state index in [2.05, 4.69) is 6.58 Å². The van der Waals surface area contributed by atoms with Crippen LogP contribution in [0.4, 0.5) is 0 Å². The van der Waals surface area contributed by atoms with E-state index in [0.717, 1.165) is 11.8 Å². The summed E-state index contributed by atoms with van der Waals surface area (Å²) in [6.07, 6.45) is 4.04. The standard InChI is InChI=1S/C11H9ClO/c1-2-3-10(8-13)9-4-6-11(12)7-5-9/h2-8H,1H2/b10-3-. The SMILES string of the molecule is C=C/C=C(/C=O)c1ccc(Cl)cc1. The van der Waals surface area contributed by atoms with Gasteiger partial charge in [0.1, 0.15) is 0 Å². The molecule has 0 spiro atoms. The molecule has 0 heterocycles. The molecule has 0 fully saturated rings. The molecular formula is C11H9ClO. The van der Waals surface area contributed by atoms with Gasteiger partial charge in [-0.1, -0.05) is 42.5 Å². The van der Waals surface area contributed by atoms with Crippen LogP contribution in [-0.2, 0) is 4.79 Å². The minimum atomic E-state index is 0.603. The highest BCUT2D eigenvalue weighted by Crippen LogP contribution is 2.15. The Kier molecular flexibility index (Phi) is 3.47. The third-order valence-electron chi connectivity index (χ3n) is 1.60. The summed E-state index contributed by atoms with van der Waals surface area (Å²) in [4.78, 5) is 10.6. The molecule has 66 valence electrons. The Bertz CT molecular complexity index is 336. The van der Waals surface area contributed by atoms with Crippen molar-refractivity contribution in [1.82, 2.24) is 0 Å². The third-order valence-corrected chi connectivity index (χ3v) is 1.85. The van der Waals surface area contributed by atoms with Gasteiger partial charge in [0, 0.05) is 10.6 Å². The Labute approximate surface area is 82.3 Å². The zero-order chi connectivity index (χ0) is 9.68. The molecule has 0 aliphatic carbocycles. The first-order valence-electron chi connectivity index (χ1n) is 3.81. The minimum Gasteiger partial charge on any atom is -0.298 e. The number of hydrogen-bond acceptors (Lipinski definition) is 1. The topological polar surface area (TPSA) is 17.1 Å². The molecule has 0 saturated heterocycles. The minimum absolute atomic E-state index is 0.603. The fraction of sp³-hybridized carbons (Fsp3) is 0. The lowest BCUT2D eigenvalue weighted by atomic mass is 10.1. The van der Waals surface area contributed by atoms with Crippen molar-refractivity contribution in [3.8, 4) is 0 Å². The number of rotatable bonds is 3. The lowest BCUT2D eigenvalue weighted by molar-refractivity contribution is -0.103. The average molecular weight is 193 g/mol. The van der Waals surface area contributed by atoms with Crippen molar-refractivity contribution in [3.63, 3.8) is 0 Å². The molecule has 1 nitrogen and oxygen atoms in total. The zero-order valence-electron chi connectivity index (χ0n) is 7.03. The predicted octanol–water partition coefficient (Wildman–Crippen LogP) is 3.11. The average Bonchev–Trinajstić information content (AvgIpc) is 2.16. The summed E-state index contributed by atoms with van der Waals surface area (Å²) in [5, 5.41) is 0.660. The van der Waals surface area contributed by atoms with Gasteiger partial charge in [0.25, 0.3) is 0 Å². The second-order valence-electron chi connectivity index (χ2n) is 2.48. The predicted molar refractivity (Wildman–Crippen MR) is 55.7 cm³/mol. The molecule has 0 atom stereocenters. The second-order valence-corrected chi connectivity index (χ2v) is 2.92. The molecule has 2 heteroatoms. The summed E-state index contributed by atoms with van der Waals surface area (Å²) in [5.74, 6) is 0. The maximum absolute atomic E-state index is 10.6. The highest BCUT2D eigenvalue weighted by atomic mass is 35.5. The first-order chi connectivity index (χ1) is 6.27. The van der Waals surface area contributed by atoms with Crippen LogP contribution in [0.3, 0.4) is 0 Å². The van der Waals surface area contributed by atoms with E-state index in [0.29, 0.717) is 10.6 Å². The molecule has 1 aromatic rings. The normalized spacial score (nSPS) is 11.0. The molecule has 0 amide bonds. The molecule has 1 rings (SSSR count). The van der Waals surface area contributed by atoms with Gasteiger partial charge in [-0.15, -0.1) is 0 Å². The van der Waals surface area contributed by atoms with Crippen LogP contribution in [-0.4, -0.2) is 6.29 Å². The molecule has 0 radical (unpaired) electrons. The number of carbonyl (C=O) groups is 1. The van der Waals surface area contributed by atoms with Crippen LogP contribution in [0.15, 0.2) is 43.0 Å². The van der Waals surface area contributed by atoms with Gasteiger partial charge in [0.05, 0.1) is 0 Å². The zero-order valence-corrected chi connectivity index (χ0v) is 7.79. The quantitative estimate of drug-likeness (QED) is 0.409. The molecule has 0 aliphatic heterocycles. The van der Waals surface area contributed by atoms with E-state index in [9.17, 15) is 4.79 Å². The van der Waals surface area contributed by atoms with Crippen LogP contribution in [0.1, 0.15) is 5.56 Å². The molecule has 13 heavy (non-hydrogen) atoms. The molecule has 0 N–H and O–H groups in total. The van der Waals surface area contributed by atoms with E-state index >= 15 is 0 Å². The Morgan fingerprint density at radius 1 is 1.31 bits per heavy atom. The number of halogens is 1. The fourth-order valence-corrected chi connectivity index (χ4v) is 1.10. The van der Waals surface area contributed by atoms with E-state index in [1.165, 1.54) is 0 Å². The van der Waals surface area contributed by atoms with Crippen molar-refractivity contribution in [1.29, 1.82) is 0 Å². The maximum atomic E-state index is 10.6. The van der Waals surface area contributed by atoms with Crippen molar-refractivity contribution in [2.24, 2.45) is 0 Å². The van der Waals surface area contributed by atoms with Crippen molar-refractivity contribution in [2.75, 3.05) is 0 Å². The number of allylic oxidation sites excluding steroid dienone is 3. The monoisotopic (exact) mass is 192 g/mol. The first-order valence-corrected chi connectivity index (χ1v) is 4.19. The first kappa shape index (κ1) is 9.75. The van der Waals surface area contributed by atoms with Crippen LogP contribution in [0.2, 0.25) is 5.02 Å². The van der Waals surface area contributed by atoms with Crippen LogP contribution in [0.5, 0.6) is 0 Å². The van der Waals surface area contributed by atoms with E-state index in [1.54, 1.807) is 36.4 Å². The summed E-state index contributed by atoms with van der Waals surface area (Å²) in [6, 6.07) is 7.09. The highest BCUT2D eigenvalue weighted by molar-refractivity contribution is 6.30. The smallest absolute Gasteiger partial charge is 0.150 e. The lowest BCUT2D eigenvalue weighted by Gasteiger charge is -1.98. The fourth-order valence-electron chi connectivity index (χ4n) is 0.973. The molecule has 0 aliphatic rings. The van der Waals surface area contributed by atoms with Crippen molar-refractivity contribution in [2.45, 2.75) is 0 Å². The van der Waals surface area contributed by atoms with Gasteiger partial charge in [-0.25, -0.2) is 0 Å². The van der Waals surface area contributed by atoms with E-state index in [4.69, 9.17) is 11.6 Å². The summed E-state index contributed by atoms with van der Waals surface area (Å²) < 4.78 is 0. The van der Waals surface area contributed by atoms with Gasteiger partial charge in [0.2, 0.25) is 0 Å². The van der Waals surface area contributed by atoms with Gasteiger partial charge in [-0.05, 0) is 17.7 Å². The van der Waals surface area contributed by atoms with Crippen LogP contribution < -0.4 is 0 Å². The third kappa shape index (κ3) is 2.56. The number of hydrogen-bond donors (Lipinski definition) is 0. The van der Waals surface area contributed by atoms with Crippen molar-refractivity contribution < 1.29 is 4.79 Å². The number of benzene rings is 1. The Balaban J connectivity index is 3.06. The van der Waals surface area contributed by atoms with E-state index in [-0.39, 0.29) is 0 Å². The Hall–Kier alpha value is -1.34. The molecule has 0 aromatic heterocycles. The maximum Gasteiger partial charge on any atom is 0.150 e. The second kappa shape index (κ2) is 4.63. The molecule has 0 unspecified atom stereocenters. The Morgan fingerprint density at radius 2 is 1.92 bits per heavy atom. The molecule has 1 aromatic carbocycles. The van der Waals surface area contributed by atoms with Crippen molar-refractivity contribution >= 4 is 23.5 Å². The van der Waals surface area contributed by atoms with Crippen molar-refractivity contribution in [3.05, 3.63) is 53.6 Å². The summed E-state index contributed by atoms with van der Waals surface area (Å²) >= 11 is 5.71. The van der Waals surface area contributed by atoms with Gasteiger partial charge in [-0.3, -0.25) is 4.79 Å².